The van der Waals surface area contributed by atoms with Gasteiger partial charge in [0.15, 0.2) is 11.6 Å². The van der Waals surface area contributed by atoms with Gasteiger partial charge in [-0.15, -0.1) is 11.3 Å². The lowest BCUT2D eigenvalue weighted by Gasteiger charge is -1.99. The van der Waals surface area contributed by atoms with Crippen molar-refractivity contribution in [2.75, 3.05) is 6.54 Å². The quantitative estimate of drug-likeness (QED) is 0.865. The summed E-state index contributed by atoms with van der Waals surface area (Å²) in [4.78, 5) is 1.14. The van der Waals surface area contributed by atoms with Crippen LogP contribution in [0.3, 0.4) is 0 Å². The van der Waals surface area contributed by atoms with Gasteiger partial charge in [-0.2, -0.15) is 0 Å². The average molecular weight is 241 g/mol. The topological polar surface area (TPSA) is 12.0 Å². The van der Waals surface area contributed by atoms with E-state index in [9.17, 15) is 8.78 Å². The Balaban J connectivity index is 2.50. The zero-order valence-electron chi connectivity index (χ0n) is 9.23. The molecule has 1 heterocycles. The van der Waals surface area contributed by atoms with Crippen LogP contribution >= 0.6 is 11.3 Å². The van der Waals surface area contributed by atoms with E-state index < -0.39 is 11.6 Å². The zero-order chi connectivity index (χ0) is 11.7. The Labute approximate surface area is 97.1 Å². The van der Waals surface area contributed by atoms with Crippen LogP contribution in [0.5, 0.6) is 0 Å². The van der Waals surface area contributed by atoms with E-state index in [0.29, 0.717) is 0 Å². The Kier molecular flexibility index (Phi) is 3.21. The molecule has 4 heteroatoms. The molecule has 1 N–H and O–H groups in total. The third-order valence-electron chi connectivity index (χ3n) is 2.61. The number of aryl methyl sites for hydroxylation is 1. The first-order valence-electron chi connectivity index (χ1n) is 5.21. The van der Waals surface area contributed by atoms with Gasteiger partial charge in [0.25, 0.3) is 0 Å². The molecule has 1 aromatic heterocycles. The van der Waals surface area contributed by atoms with Gasteiger partial charge in [0.1, 0.15) is 0 Å². The van der Waals surface area contributed by atoms with Crippen molar-refractivity contribution in [1.82, 2.24) is 5.32 Å². The highest BCUT2D eigenvalue weighted by Gasteiger charge is 2.11. The molecule has 2 rings (SSSR count). The fourth-order valence-corrected chi connectivity index (χ4v) is 2.86. The molecule has 2 aromatic rings. The van der Waals surface area contributed by atoms with Crippen molar-refractivity contribution in [2.24, 2.45) is 0 Å². The number of nitrogens with one attached hydrogen (secondary N) is 1. The van der Waals surface area contributed by atoms with Crippen LogP contribution in [-0.4, -0.2) is 6.54 Å². The number of rotatable bonds is 3. The second-order valence-corrected chi connectivity index (χ2v) is 4.83. The Morgan fingerprint density at radius 3 is 2.62 bits per heavy atom. The van der Waals surface area contributed by atoms with Crippen LogP contribution in [0, 0.1) is 18.6 Å². The van der Waals surface area contributed by atoms with Gasteiger partial charge in [-0.05, 0) is 36.6 Å². The number of benzene rings is 1. The van der Waals surface area contributed by atoms with Crippen LogP contribution in [-0.2, 0) is 6.54 Å². The maximum atomic E-state index is 13.1. The molecule has 16 heavy (non-hydrogen) atoms. The summed E-state index contributed by atoms with van der Waals surface area (Å²) in [5.41, 5.74) is 1.04. The maximum Gasteiger partial charge on any atom is 0.160 e. The van der Waals surface area contributed by atoms with Crippen molar-refractivity contribution < 1.29 is 8.78 Å². The lowest BCUT2D eigenvalue weighted by Crippen LogP contribution is -2.11. The van der Waals surface area contributed by atoms with E-state index in [1.807, 2.05) is 13.8 Å². The van der Waals surface area contributed by atoms with Crippen LogP contribution in [0.4, 0.5) is 8.78 Å². The molecule has 0 saturated heterocycles. The van der Waals surface area contributed by atoms with E-state index in [1.54, 1.807) is 0 Å². The molecule has 0 atom stereocenters. The van der Waals surface area contributed by atoms with Crippen molar-refractivity contribution in [2.45, 2.75) is 20.4 Å². The van der Waals surface area contributed by atoms with Gasteiger partial charge in [-0.3, -0.25) is 0 Å². The standard InChI is InChI=1S/C12H13F2NS/c1-3-15-6-12-7(2)8-4-9(13)10(14)5-11(8)16-12/h4-5,15H,3,6H2,1-2H3. The number of hydrogen-bond acceptors (Lipinski definition) is 2. The minimum Gasteiger partial charge on any atom is -0.312 e. The summed E-state index contributed by atoms with van der Waals surface area (Å²) in [6.07, 6.45) is 0. The second-order valence-electron chi connectivity index (χ2n) is 3.69. The Morgan fingerprint density at radius 2 is 1.94 bits per heavy atom. The molecule has 0 fully saturated rings. The number of hydrogen-bond donors (Lipinski definition) is 1. The zero-order valence-corrected chi connectivity index (χ0v) is 10.0. The maximum absolute atomic E-state index is 13.1. The Morgan fingerprint density at radius 1 is 1.25 bits per heavy atom. The number of halogens is 2. The van der Waals surface area contributed by atoms with E-state index >= 15 is 0 Å². The van der Waals surface area contributed by atoms with Gasteiger partial charge in [0, 0.05) is 16.1 Å². The predicted octanol–water partition coefficient (Wildman–Crippen LogP) is 3.60. The van der Waals surface area contributed by atoms with Gasteiger partial charge in [0.2, 0.25) is 0 Å². The van der Waals surface area contributed by atoms with Gasteiger partial charge in [-0.1, -0.05) is 6.92 Å². The average Bonchev–Trinajstić information content (AvgIpc) is 2.54. The molecule has 0 bridgehead atoms. The molecule has 0 amide bonds. The van der Waals surface area contributed by atoms with Crippen LogP contribution < -0.4 is 5.32 Å². The predicted molar refractivity (Wildman–Crippen MR) is 63.9 cm³/mol. The molecular weight excluding hydrogens is 228 g/mol. The molecule has 0 saturated carbocycles. The normalized spacial score (nSPS) is 11.2. The summed E-state index contributed by atoms with van der Waals surface area (Å²) in [6, 6.07) is 2.56. The van der Waals surface area contributed by atoms with Crippen LogP contribution in [0.15, 0.2) is 12.1 Å². The molecule has 0 aliphatic carbocycles. The molecule has 1 aromatic carbocycles. The molecule has 86 valence electrons. The van der Waals surface area contributed by atoms with Crippen LogP contribution in [0.2, 0.25) is 0 Å². The third-order valence-corrected chi connectivity index (χ3v) is 3.87. The number of fused-ring (bicyclic) bond motifs is 1. The van der Waals surface area contributed by atoms with E-state index in [2.05, 4.69) is 5.32 Å². The lowest BCUT2D eigenvalue weighted by molar-refractivity contribution is 0.511. The first kappa shape index (κ1) is 11.5. The Hall–Kier alpha value is -1.00. The highest BCUT2D eigenvalue weighted by molar-refractivity contribution is 7.19. The molecular formula is C12H13F2NS. The highest BCUT2D eigenvalue weighted by atomic mass is 32.1. The summed E-state index contributed by atoms with van der Waals surface area (Å²) in [6.45, 7) is 5.62. The summed E-state index contributed by atoms with van der Waals surface area (Å²) in [5.74, 6) is -1.55. The van der Waals surface area contributed by atoms with Gasteiger partial charge < -0.3 is 5.32 Å². The third kappa shape index (κ3) is 1.95. The van der Waals surface area contributed by atoms with Crippen molar-refractivity contribution in [3.05, 3.63) is 34.2 Å². The van der Waals surface area contributed by atoms with Crippen LogP contribution in [0.1, 0.15) is 17.4 Å². The summed E-state index contributed by atoms with van der Waals surface area (Å²) in [7, 11) is 0. The SMILES string of the molecule is CCNCc1sc2cc(F)c(F)cc2c1C. The summed E-state index contributed by atoms with van der Waals surface area (Å²) >= 11 is 1.52. The van der Waals surface area contributed by atoms with Crippen LogP contribution in [0.25, 0.3) is 10.1 Å². The summed E-state index contributed by atoms with van der Waals surface area (Å²) < 4.78 is 27.0. The number of thiophene rings is 1. The van der Waals surface area contributed by atoms with E-state index in [-0.39, 0.29) is 0 Å². The van der Waals surface area contributed by atoms with Gasteiger partial charge in [-0.25, -0.2) is 8.78 Å². The molecule has 0 radical (unpaired) electrons. The van der Waals surface area contributed by atoms with E-state index in [4.69, 9.17) is 0 Å². The molecule has 1 nitrogen and oxygen atoms in total. The van der Waals surface area contributed by atoms with Gasteiger partial charge in [0.05, 0.1) is 0 Å². The molecule has 0 unspecified atom stereocenters. The van der Waals surface area contributed by atoms with E-state index in [0.717, 1.165) is 33.6 Å². The minimum atomic E-state index is -0.775. The summed E-state index contributed by atoms with van der Waals surface area (Å²) in [5, 5.41) is 4.03. The smallest absolute Gasteiger partial charge is 0.160 e. The fraction of sp³-hybridized carbons (Fsp3) is 0.333. The van der Waals surface area contributed by atoms with Crippen molar-refractivity contribution in [1.29, 1.82) is 0 Å². The largest absolute Gasteiger partial charge is 0.312 e. The lowest BCUT2D eigenvalue weighted by atomic mass is 10.1. The molecule has 0 aliphatic rings. The monoisotopic (exact) mass is 241 g/mol. The van der Waals surface area contributed by atoms with Crippen molar-refractivity contribution in [3.63, 3.8) is 0 Å². The Bertz CT molecular complexity index is 519. The fourth-order valence-electron chi connectivity index (χ4n) is 1.67. The van der Waals surface area contributed by atoms with Crippen molar-refractivity contribution >= 4 is 21.4 Å². The molecule has 0 aliphatic heterocycles. The van der Waals surface area contributed by atoms with Crippen molar-refractivity contribution in [3.8, 4) is 0 Å². The first-order chi connectivity index (χ1) is 7.63. The first-order valence-corrected chi connectivity index (χ1v) is 6.03. The molecule has 0 spiro atoms. The van der Waals surface area contributed by atoms with E-state index in [1.165, 1.54) is 23.5 Å². The second kappa shape index (κ2) is 4.47. The highest BCUT2D eigenvalue weighted by Crippen LogP contribution is 2.32. The minimum absolute atomic E-state index is 0.755. The van der Waals surface area contributed by atoms with Gasteiger partial charge >= 0.3 is 0 Å².